The van der Waals surface area contributed by atoms with Crippen LogP contribution >= 0.6 is 0 Å². The Morgan fingerprint density at radius 3 is 1.63 bits per heavy atom. The molecule has 0 aromatic heterocycles. The summed E-state index contributed by atoms with van der Waals surface area (Å²) >= 11 is 0. The van der Waals surface area contributed by atoms with Crippen LogP contribution in [0.25, 0.3) is 11.1 Å². The second-order valence-corrected chi connectivity index (χ2v) is 6.63. The third-order valence-electron chi connectivity index (χ3n) is 4.62. The minimum absolute atomic E-state index is 0.479. The molecule has 2 rings (SSSR count). The fraction of sp³-hybridized carbons (Fsp3) is 0.154. The summed E-state index contributed by atoms with van der Waals surface area (Å²) in [6.45, 7) is 13.0. The van der Waals surface area contributed by atoms with E-state index in [0.29, 0.717) is 11.5 Å². The molecule has 0 aliphatic carbocycles. The zero-order valence-corrected chi connectivity index (χ0v) is 17.6. The maximum atomic E-state index is 11.3. The van der Waals surface area contributed by atoms with Gasteiger partial charge in [0.05, 0.1) is 0 Å². The number of ether oxygens (including phenoxy) is 2. The fourth-order valence-corrected chi connectivity index (χ4v) is 2.88. The van der Waals surface area contributed by atoms with E-state index in [9.17, 15) is 9.59 Å². The maximum absolute atomic E-state index is 11.3. The molecule has 0 heterocycles. The summed E-state index contributed by atoms with van der Waals surface area (Å²) in [5.74, 6) is 0.00909. The van der Waals surface area contributed by atoms with Crippen LogP contribution in [0.5, 0.6) is 11.5 Å². The minimum atomic E-state index is -0.480. The Morgan fingerprint density at radius 2 is 1.23 bits per heavy atom. The first-order valence-electron chi connectivity index (χ1n) is 9.65. The third-order valence-corrected chi connectivity index (χ3v) is 4.62. The normalized spacial score (nSPS) is 11.9. The highest BCUT2D eigenvalue weighted by Crippen LogP contribution is 2.27. The van der Waals surface area contributed by atoms with Crippen molar-refractivity contribution in [2.75, 3.05) is 0 Å². The predicted octanol–water partition coefficient (Wildman–Crippen LogP) is 6.16. The number of esters is 2. The lowest BCUT2D eigenvalue weighted by Crippen LogP contribution is -2.02. The van der Waals surface area contributed by atoms with Crippen molar-refractivity contribution < 1.29 is 19.1 Å². The average molecular weight is 402 g/mol. The first-order valence-corrected chi connectivity index (χ1v) is 9.65. The maximum Gasteiger partial charge on any atom is 0.335 e. The van der Waals surface area contributed by atoms with Crippen molar-refractivity contribution in [2.45, 2.75) is 27.2 Å². The number of benzene rings is 2. The SMILES string of the molecule is C=CC(=O)Oc1ccc(/C(C)=C/C(CC)=C(\C)c2ccc(OC(=O)C=C)cc2)cc1. The van der Waals surface area contributed by atoms with Gasteiger partial charge in [-0.25, -0.2) is 9.59 Å². The van der Waals surface area contributed by atoms with E-state index in [1.807, 2.05) is 31.2 Å². The zero-order valence-electron chi connectivity index (χ0n) is 17.6. The molecule has 0 aliphatic rings. The Kier molecular flexibility index (Phi) is 8.12. The highest BCUT2D eigenvalue weighted by Gasteiger charge is 2.06. The van der Waals surface area contributed by atoms with Gasteiger partial charge >= 0.3 is 11.9 Å². The first kappa shape index (κ1) is 22.6. The van der Waals surface area contributed by atoms with Crippen LogP contribution in [-0.2, 0) is 9.59 Å². The van der Waals surface area contributed by atoms with Crippen LogP contribution in [0, 0.1) is 0 Å². The van der Waals surface area contributed by atoms with E-state index in [1.165, 1.54) is 5.57 Å². The smallest absolute Gasteiger partial charge is 0.335 e. The lowest BCUT2D eigenvalue weighted by atomic mass is 9.96. The summed E-state index contributed by atoms with van der Waals surface area (Å²) in [5.41, 5.74) is 5.55. The molecule has 2 aromatic carbocycles. The molecule has 0 N–H and O–H groups in total. The Balaban J connectivity index is 2.24. The number of hydrogen-bond donors (Lipinski definition) is 0. The standard InChI is InChI=1S/C26H26O4/c1-6-20(19(5)22-11-15-24(16-12-22)30-26(28)8-3)17-18(4)21-9-13-23(14-10-21)29-25(27)7-2/h7-17H,2-3,6H2,1,4-5H3/b18-17+,20-19+. The quantitative estimate of drug-likeness (QED) is 0.230. The van der Waals surface area contributed by atoms with Gasteiger partial charge in [-0.1, -0.05) is 50.4 Å². The Labute approximate surface area is 177 Å². The summed E-state index contributed by atoms with van der Waals surface area (Å²) in [4.78, 5) is 22.6. The van der Waals surface area contributed by atoms with Gasteiger partial charge in [-0.15, -0.1) is 0 Å². The van der Waals surface area contributed by atoms with Gasteiger partial charge in [0.2, 0.25) is 0 Å². The highest BCUT2D eigenvalue weighted by atomic mass is 16.5. The summed E-state index contributed by atoms with van der Waals surface area (Å²) in [5, 5.41) is 0. The van der Waals surface area contributed by atoms with Crippen LogP contribution in [0.1, 0.15) is 38.3 Å². The van der Waals surface area contributed by atoms with E-state index in [2.05, 4.69) is 33.1 Å². The third kappa shape index (κ3) is 6.17. The van der Waals surface area contributed by atoms with E-state index in [-0.39, 0.29) is 0 Å². The topological polar surface area (TPSA) is 52.6 Å². The van der Waals surface area contributed by atoms with Crippen LogP contribution in [0.4, 0.5) is 0 Å². The zero-order chi connectivity index (χ0) is 22.1. The highest BCUT2D eigenvalue weighted by molar-refractivity contribution is 5.84. The summed E-state index contributed by atoms with van der Waals surface area (Å²) in [6, 6.07) is 14.8. The lowest BCUT2D eigenvalue weighted by molar-refractivity contribution is -0.129. The minimum Gasteiger partial charge on any atom is -0.423 e. The molecule has 0 saturated heterocycles. The van der Waals surface area contributed by atoms with Crippen LogP contribution in [0.2, 0.25) is 0 Å². The number of carbonyl (C=O) groups is 2. The van der Waals surface area contributed by atoms with Gasteiger partial charge in [-0.05, 0) is 72.4 Å². The molecular formula is C26H26O4. The van der Waals surface area contributed by atoms with Gasteiger partial charge in [0, 0.05) is 12.2 Å². The Hall–Kier alpha value is -3.66. The van der Waals surface area contributed by atoms with Gasteiger partial charge in [0.25, 0.3) is 0 Å². The largest absolute Gasteiger partial charge is 0.423 e. The summed E-state index contributed by atoms with van der Waals surface area (Å²) < 4.78 is 10.2. The van der Waals surface area contributed by atoms with Crippen LogP contribution in [0.3, 0.4) is 0 Å². The van der Waals surface area contributed by atoms with Gasteiger partial charge in [-0.3, -0.25) is 0 Å². The van der Waals surface area contributed by atoms with Crippen LogP contribution in [-0.4, -0.2) is 11.9 Å². The van der Waals surface area contributed by atoms with E-state index in [0.717, 1.165) is 40.8 Å². The summed E-state index contributed by atoms with van der Waals surface area (Å²) in [6.07, 6.45) is 5.30. The molecule has 4 nitrogen and oxygen atoms in total. The van der Waals surface area contributed by atoms with Crippen molar-refractivity contribution in [2.24, 2.45) is 0 Å². The molecule has 0 bridgehead atoms. The van der Waals surface area contributed by atoms with Crippen molar-refractivity contribution >= 4 is 23.1 Å². The molecule has 4 heteroatoms. The summed E-state index contributed by atoms with van der Waals surface area (Å²) in [7, 11) is 0. The molecule has 0 radical (unpaired) electrons. The molecular weight excluding hydrogens is 376 g/mol. The average Bonchev–Trinajstić information content (AvgIpc) is 2.77. The number of rotatable bonds is 8. The van der Waals surface area contributed by atoms with Crippen molar-refractivity contribution in [3.05, 3.63) is 96.6 Å². The Bertz CT molecular complexity index is 990. The second-order valence-electron chi connectivity index (χ2n) is 6.63. The van der Waals surface area contributed by atoms with Gasteiger partial charge in [0.1, 0.15) is 11.5 Å². The molecule has 30 heavy (non-hydrogen) atoms. The number of hydrogen-bond acceptors (Lipinski definition) is 4. The van der Waals surface area contributed by atoms with E-state index in [1.54, 1.807) is 24.3 Å². The van der Waals surface area contributed by atoms with E-state index in [4.69, 9.17) is 9.47 Å². The molecule has 154 valence electrons. The Morgan fingerprint density at radius 1 is 0.800 bits per heavy atom. The molecule has 0 saturated carbocycles. The van der Waals surface area contributed by atoms with Crippen molar-refractivity contribution in [3.8, 4) is 11.5 Å². The molecule has 2 aromatic rings. The second kappa shape index (κ2) is 10.8. The van der Waals surface area contributed by atoms with Gasteiger partial charge < -0.3 is 9.47 Å². The van der Waals surface area contributed by atoms with Crippen molar-refractivity contribution in [3.63, 3.8) is 0 Å². The molecule has 0 spiro atoms. The molecule has 0 amide bonds. The molecule has 0 unspecified atom stereocenters. The lowest BCUT2D eigenvalue weighted by Gasteiger charge is -2.11. The van der Waals surface area contributed by atoms with Gasteiger partial charge in [0.15, 0.2) is 0 Å². The van der Waals surface area contributed by atoms with Crippen LogP contribution in [0.15, 0.2) is 85.5 Å². The first-order chi connectivity index (χ1) is 14.4. The van der Waals surface area contributed by atoms with Crippen molar-refractivity contribution in [1.29, 1.82) is 0 Å². The van der Waals surface area contributed by atoms with Crippen LogP contribution < -0.4 is 9.47 Å². The van der Waals surface area contributed by atoms with Crippen molar-refractivity contribution in [1.82, 2.24) is 0 Å². The monoisotopic (exact) mass is 402 g/mol. The number of carbonyl (C=O) groups excluding carboxylic acids is 2. The molecule has 0 atom stereocenters. The predicted molar refractivity (Wildman–Crippen MR) is 121 cm³/mol. The number of allylic oxidation sites excluding steroid dienone is 4. The molecule has 0 fully saturated rings. The van der Waals surface area contributed by atoms with E-state index >= 15 is 0 Å². The fourth-order valence-electron chi connectivity index (χ4n) is 2.88. The molecule has 0 aliphatic heterocycles. The van der Waals surface area contributed by atoms with Gasteiger partial charge in [-0.2, -0.15) is 0 Å². The van der Waals surface area contributed by atoms with E-state index < -0.39 is 11.9 Å².